The fourth-order valence-corrected chi connectivity index (χ4v) is 5.60. The molecule has 2 amide bonds. The quantitative estimate of drug-likeness (QED) is 0.170. The van der Waals surface area contributed by atoms with E-state index in [9.17, 15) is 19.8 Å². The molecule has 1 saturated heterocycles. The van der Waals surface area contributed by atoms with Crippen molar-refractivity contribution in [1.82, 2.24) is 20.9 Å². The van der Waals surface area contributed by atoms with Crippen LogP contribution in [-0.4, -0.2) is 88.6 Å². The normalized spacial score (nSPS) is 31.5. The van der Waals surface area contributed by atoms with Gasteiger partial charge >= 0.3 is 0 Å². The number of hydrogen-bond acceptors (Lipinski definition) is 11. The second-order valence-corrected chi connectivity index (χ2v) is 9.96. The Balaban J connectivity index is 1.47. The SMILES string of the molecule is CC1(C)CCOc2c(C(=O)N[C@H]3CN4C(N)=N[C@@H](CNC=O)C5N=C(N)N[C@@]54C3(O)O)cccc21. The number of rotatable bonds is 5. The smallest absolute Gasteiger partial charge is 0.255 e. The Morgan fingerprint density at radius 2 is 2.11 bits per heavy atom. The summed E-state index contributed by atoms with van der Waals surface area (Å²) in [7, 11) is 0. The third-order valence-corrected chi connectivity index (χ3v) is 7.48. The predicted octanol–water partition coefficient (Wildman–Crippen LogP) is -2.73. The van der Waals surface area contributed by atoms with E-state index >= 15 is 0 Å². The van der Waals surface area contributed by atoms with Crippen molar-refractivity contribution in [3.8, 4) is 5.75 Å². The summed E-state index contributed by atoms with van der Waals surface area (Å²) in [6.07, 6.45) is 1.32. The Morgan fingerprint density at radius 3 is 2.86 bits per heavy atom. The van der Waals surface area contributed by atoms with Crippen molar-refractivity contribution in [2.24, 2.45) is 21.5 Å². The summed E-state index contributed by atoms with van der Waals surface area (Å²) in [6.45, 7) is 4.63. The molecule has 1 aromatic rings. The minimum absolute atomic E-state index is 0.00254. The van der Waals surface area contributed by atoms with Crippen molar-refractivity contribution in [2.75, 3.05) is 19.7 Å². The highest BCUT2D eigenvalue weighted by Gasteiger charge is 2.73. The first kappa shape index (κ1) is 23.2. The van der Waals surface area contributed by atoms with Crippen LogP contribution in [0.1, 0.15) is 36.2 Å². The Kier molecular flexibility index (Phi) is 5.11. The van der Waals surface area contributed by atoms with Crippen LogP contribution in [0, 0.1) is 0 Å². The zero-order valence-electron chi connectivity index (χ0n) is 19.5. The largest absolute Gasteiger partial charge is 0.492 e. The average Bonchev–Trinajstić information content (AvgIpc) is 3.26. The highest BCUT2D eigenvalue weighted by molar-refractivity contribution is 5.98. The van der Waals surface area contributed by atoms with Crippen LogP contribution in [0.5, 0.6) is 5.75 Å². The molecule has 13 nitrogen and oxygen atoms in total. The third-order valence-electron chi connectivity index (χ3n) is 7.48. The summed E-state index contributed by atoms with van der Waals surface area (Å²) in [6, 6.07) is 2.55. The molecule has 4 aliphatic rings. The number of hydrogen-bond donors (Lipinski definition) is 7. The van der Waals surface area contributed by atoms with E-state index in [2.05, 4.69) is 39.8 Å². The van der Waals surface area contributed by atoms with Crippen molar-refractivity contribution in [3.05, 3.63) is 29.3 Å². The highest BCUT2D eigenvalue weighted by Crippen LogP contribution is 2.45. The molecule has 35 heavy (non-hydrogen) atoms. The Bertz CT molecular complexity index is 1130. The van der Waals surface area contributed by atoms with E-state index in [-0.39, 0.29) is 30.4 Å². The molecule has 1 spiro atoms. The minimum atomic E-state index is -2.56. The third kappa shape index (κ3) is 3.22. The summed E-state index contributed by atoms with van der Waals surface area (Å²) in [5.41, 5.74) is 11.5. The summed E-state index contributed by atoms with van der Waals surface area (Å²) >= 11 is 0. The summed E-state index contributed by atoms with van der Waals surface area (Å²) in [5, 5.41) is 31.1. The zero-order valence-corrected chi connectivity index (χ0v) is 19.5. The standard InChI is InChI=1S/C22H30N8O5/c1-20(2)6-7-35-15-11(4-3-5-12(15)20)17(32)27-14-9-30-19(24)26-13(8-25-10-31)16-21(30,22(14,33)34)29-18(23)28-16/h3-5,10,13-14,16,33-34H,6-9H2,1-2H3,(H2,24,26)(H,25,31)(H,27,32)(H3,23,28,29)/t13-,14-,16?,21-/m0/s1. The minimum Gasteiger partial charge on any atom is -0.492 e. The summed E-state index contributed by atoms with van der Waals surface area (Å²) in [4.78, 5) is 34.4. The Hall–Kier alpha value is -3.58. The number of para-hydroxylation sites is 1. The number of nitrogens with zero attached hydrogens (tertiary/aromatic N) is 3. The van der Waals surface area contributed by atoms with E-state index in [1.807, 2.05) is 6.07 Å². The summed E-state index contributed by atoms with van der Waals surface area (Å²) in [5.74, 6) is -2.63. The van der Waals surface area contributed by atoms with Gasteiger partial charge in [0, 0.05) is 18.7 Å². The van der Waals surface area contributed by atoms with Gasteiger partial charge in [-0.2, -0.15) is 0 Å². The lowest BCUT2D eigenvalue weighted by Crippen LogP contribution is -2.78. The molecular weight excluding hydrogens is 456 g/mol. The topological polar surface area (TPSA) is 200 Å². The maximum Gasteiger partial charge on any atom is 0.255 e. The molecular formula is C22H30N8O5. The number of fused-ring (bicyclic) bond motifs is 1. The number of guanidine groups is 2. The van der Waals surface area contributed by atoms with Crippen molar-refractivity contribution >= 4 is 24.2 Å². The van der Waals surface area contributed by atoms with Gasteiger partial charge in [-0.25, -0.2) is 9.98 Å². The number of nitrogens with one attached hydrogen (secondary N) is 3. The fourth-order valence-electron chi connectivity index (χ4n) is 5.60. The van der Waals surface area contributed by atoms with Gasteiger partial charge in [0.2, 0.25) is 12.2 Å². The molecule has 4 heterocycles. The lowest BCUT2D eigenvalue weighted by Gasteiger charge is -2.48. The molecule has 5 rings (SSSR count). The van der Waals surface area contributed by atoms with Crippen LogP contribution in [0.4, 0.5) is 0 Å². The fraction of sp³-hybridized carbons (Fsp3) is 0.545. The van der Waals surface area contributed by atoms with Crippen molar-refractivity contribution < 1.29 is 24.5 Å². The average molecular weight is 487 g/mol. The molecule has 188 valence electrons. The highest BCUT2D eigenvalue weighted by atomic mass is 16.5. The number of aliphatic imine (C=N–C) groups is 2. The van der Waals surface area contributed by atoms with Gasteiger partial charge in [-0.1, -0.05) is 26.0 Å². The maximum atomic E-state index is 13.4. The van der Waals surface area contributed by atoms with Gasteiger partial charge in [0.15, 0.2) is 17.6 Å². The Morgan fingerprint density at radius 1 is 1.34 bits per heavy atom. The number of ether oxygens (including phenoxy) is 1. The van der Waals surface area contributed by atoms with Crippen molar-refractivity contribution in [3.63, 3.8) is 0 Å². The molecule has 0 bridgehead atoms. The number of aliphatic hydroxyl groups is 2. The molecule has 4 aliphatic heterocycles. The number of amides is 2. The van der Waals surface area contributed by atoms with E-state index in [0.717, 1.165) is 12.0 Å². The monoisotopic (exact) mass is 486 g/mol. The van der Waals surface area contributed by atoms with Crippen molar-refractivity contribution in [2.45, 2.75) is 55.3 Å². The van der Waals surface area contributed by atoms with E-state index in [1.54, 1.807) is 12.1 Å². The van der Waals surface area contributed by atoms with Crippen molar-refractivity contribution in [1.29, 1.82) is 0 Å². The lowest BCUT2D eigenvalue weighted by atomic mass is 9.79. The van der Waals surface area contributed by atoms with Gasteiger partial charge in [0.05, 0.1) is 18.2 Å². The predicted molar refractivity (Wildman–Crippen MR) is 125 cm³/mol. The van der Waals surface area contributed by atoms with Gasteiger partial charge in [0.25, 0.3) is 5.91 Å². The molecule has 13 heteroatoms. The number of nitrogens with two attached hydrogens (primary N) is 2. The van der Waals surface area contributed by atoms with Crippen LogP contribution in [0.25, 0.3) is 0 Å². The van der Waals surface area contributed by atoms with Crippen LogP contribution in [0.3, 0.4) is 0 Å². The first-order valence-corrected chi connectivity index (χ1v) is 11.4. The Labute approximate surface area is 201 Å². The van der Waals surface area contributed by atoms with Gasteiger partial charge in [-0.3, -0.25) is 9.59 Å². The molecule has 1 fully saturated rings. The van der Waals surface area contributed by atoms with E-state index in [0.29, 0.717) is 24.3 Å². The first-order chi connectivity index (χ1) is 16.5. The van der Waals surface area contributed by atoms with E-state index in [1.165, 1.54) is 4.90 Å². The molecule has 4 atom stereocenters. The second-order valence-electron chi connectivity index (χ2n) is 9.96. The van der Waals surface area contributed by atoms with Gasteiger partial charge < -0.3 is 47.3 Å². The number of carbonyl (C=O) groups is 2. The van der Waals surface area contributed by atoms with Gasteiger partial charge in [-0.15, -0.1) is 0 Å². The van der Waals surface area contributed by atoms with Gasteiger partial charge in [0.1, 0.15) is 17.8 Å². The molecule has 1 unspecified atom stereocenters. The van der Waals surface area contributed by atoms with Crippen LogP contribution < -0.4 is 32.2 Å². The molecule has 0 aliphatic carbocycles. The summed E-state index contributed by atoms with van der Waals surface area (Å²) < 4.78 is 5.86. The molecule has 0 radical (unpaired) electrons. The first-order valence-electron chi connectivity index (χ1n) is 11.4. The zero-order chi connectivity index (χ0) is 25.2. The van der Waals surface area contributed by atoms with E-state index in [4.69, 9.17) is 16.2 Å². The second kappa shape index (κ2) is 7.71. The van der Waals surface area contributed by atoms with Crippen LogP contribution in [0.15, 0.2) is 28.2 Å². The van der Waals surface area contributed by atoms with E-state index < -0.39 is 35.5 Å². The van der Waals surface area contributed by atoms with Crippen LogP contribution in [-0.2, 0) is 10.2 Å². The molecule has 0 aromatic heterocycles. The molecule has 9 N–H and O–H groups in total. The lowest BCUT2D eigenvalue weighted by molar-refractivity contribution is -0.230. The van der Waals surface area contributed by atoms with Crippen LogP contribution in [0.2, 0.25) is 0 Å². The number of benzene rings is 1. The maximum absolute atomic E-state index is 13.4. The molecule has 1 aromatic carbocycles. The van der Waals surface area contributed by atoms with Gasteiger partial charge in [-0.05, 0) is 17.9 Å². The van der Waals surface area contributed by atoms with Crippen LogP contribution >= 0.6 is 0 Å². The molecule has 0 saturated carbocycles. The number of carbonyl (C=O) groups excluding carboxylic acids is 2.